The minimum absolute atomic E-state index is 0. The van der Waals surface area contributed by atoms with Gasteiger partial charge in [0.2, 0.25) is 0 Å². The molecular weight excluding hydrogens is 414 g/mol. The first-order valence-corrected chi connectivity index (χ1v) is 9.53. The molecule has 0 aromatic heterocycles. The molecule has 8 heteroatoms. The first-order chi connectivity index (χ1) is 13.8. The third-order valence-electron chi connectivity index (χ3n) is 5.15. The molecule has 1 aliphatic heterocycles. The Morgan fingerprint density at radius 3 is 2.43 bits per heavy atom. The Morgan fingerprint density at radius 2 is 1.80 bits per heavy atom. The van der Waals surface area contributed by atoms with Crippen LogP contribution < -0.4 is 5.32 Å². The zero-order valence-corrected chi connectivity index (χ0v) is 17.9. The number of rotatable bonds is 4. The van der Waals surface area contributed by atoms with Crippen molar-refractivity contribution >= 4 is 24.3 Å². The quantitative estimate of drug-likeness (QED) is 0.710. The van der Waals surface area contributed by atoms with Crippen molar-refractivity contribution in [2.75, 3.05) is 13.1 Å². The Hall–Kier alpha value is -2.51. The minimum atomic E-state index is -0.806. The summed E-state index contributed by atoms with van der Waals surface area (Å²) in [4.78, 5) is 25.7. The highest BCUT2D eigenvalue weighted by atomic mass is 35.5. The van der Waals surface area contributed by atoms with Crippen LogP contribution in [-0.4, -0.2) is 41.9 Å². The lowest BCUT2D eigenvalue weighted by Crippen LogP contribution is -2.57. The number of carbonyl (C=O) groups is 2. The summed E-state index contributed by atoms with van der Waals surface area (Å²) in [5, 5.41) is 3.21. The second-order valence-corrected chi connectivity index (χ2v) is 7.34. The van der Waals surface area contributed by atoms with Crippen LogP contribution in [0.15, 0.2) is 36.4 Å². The molecule has 2 aromatic carbocycles. The van der Waals surface area contributed by atoms with Crippen molar-refractivity contribution in [2.45, 2.75) is 39.5 Å². The summed E-state index contributed by atoms with van der Waals surface area (Å²) in [6.07, 6.45) is -0.603. The SMILES string of the molecule is CC(=O)c1cccc(-c2ccc(F)c(COC(=O)N3C(C)CNCC3C)c2F)c1.Cl. The predicted octanol–water partition coefficient (Wildman–Crippen LogP) is 4.58. The van der Waals surface area contributed by atoms with Gasteiger partial charge < -0.3 is 15.0 Å². The van der Waals surface area contributed by atoms with Crippen LogP contribution in [0.3, 0.4) is 0 Å². The highest BCUT2D eigenvalue weighted by Crippen LogP contribution is 2.28. The first kappa shape index (κ1) is 23.8. The lowest BCUT2D eigenvalue weighted by atomic mass is 9.99. The largest absolute Gasteiger partial charge is 0.444 e. The molecule has 2 atom stereocenters. The van der Waals surface area contributed by atoms with E-state index in [1.807, 2.05) is 13.8 Å². The number of carbonyl (C=O) groups excluding carboxylic acids is 2. The molecule has 5 nitrogen and oxygen atoms in total. The number of halogens is 3. The highest BCUT2D eigenvalue weighted by Gasteiger charge is 2.30. The normalized spacial score (nSPS) is 18.5. The van der Waals surface area contributed by atoms with Crippen LogP contribution in [0.1, 0.15) is 36.7 Å². The maximum atomic E-state index is 15.1. The predicted molar refractivity (Wildman–Crippen MR) is 113 cm³/mol. The van der Waals surface area contributed by atoms with Gasteiger partial charge in [-0.1, -0.05) is 18.2 Å². The molecule has 2 aromatic rings. The Labute approximate surface area is 180 Å². The highest BCUT2D eigenvalue weighted by molar-refractivity contribution is 5.95. The third-order valence-corrected chi connectivity index (χ3v) is 5.15. The van der Waals surface area contributed by atoms with E-state index >= 15 is 4.39 Å². The second-order valence-electron chi connectivity index (χ2n) is 7.34. The molecule has 1 amide bonds. The van der Waals surface area contributed by atoms with Crippen LogP contribution in [0.4, 0.5) is 13.6 Å². The number of hydrogen-bond acceptors (Lipinski definition) is 4. The van der Waals surface area contributed by atoms with Crippen LogP contribution in [0.2, 0.25) is 0 Å². The monoisotopic (exact) mass is 438 g/mol. The number of nitrogens with zero attached hydrogens (tertiary/aromatic N) is 1. The molecule has 30 heavy (non-hydrogen) atoms. The van der Waals surface area contributed by atoms with E-state index < -0.39 is 24.3 Å². The topological polar surface area (TPSA) is 58.6 Å². The van der Waals surface area contributed by atoms with Gasteiger partial charge >= 0.3 is 6.09 Å². The van der Waals surface area contributed by atoms with Crippen molar-refractivity contribution in [3.8, 4) is 11.1 Å². The summed E-state index contributed by atoms with van der Waals surface area (Å²) < 4.78 is 34.6. The number of hydrogen-bond donors (Lipinski definition) is 1. The smallest absolute Gasteiger partial charge is 0.410 e. The van der Waals surface area contributed by atoms with E-state index in [-0.39, 0.29) is 41.4 Å². The van der Waals surface area contributed by atoms with Crippen LogP contribution in [-0.2, 0) is 11.3 Å². The molecule has 0 radical (unpaired) electrons. The summed E-state index contributed by atoms with van der Waals surface area (Å²) >= 11 is 0. The third kappa shape index (κ3) is 4.96. The van der Waals surface area contributed by atoms with Crippen LogP contribution in [0, 0.1) is 11.6 Å². The molecule has 3 rings (SSSR count). The van der Waals surface area contributed by atoms with E-state index in [1.165, 1.54) is 13.0 Å². The number of Topliss-reactive ketones (excluding diaryl/α,β-unsaturated/α-hetero) is 1. The summed E-state index contributed by atoms with van der Waals surface area (Å²) in [5.74, 6) is -1.74. The molecule has 1 fully saturated rings. The molecule has 0 spiro atoms. The van der Waals surface area contributed by atoms with Gasteiger partial charge in [0, 0.05) is 36.3 Å². The van der Waals surface area contributed by atoms with E-state index in [0.29, 0.717) is 24.2 Å². The molecule has 1 heterocycles. The van der Waals surface area contributed by atoms with Crippen LogP contribution >= 0.6 is 12.4 Å². The fraction of sp³-hybridized carbons (Fsp3) is 0.364. The second kappa shape index (κ2) is 10.00. The maximum absolute atomic E-state index is 15.1. The maximum Gasteiger partial charge on any atom is 0.410 e. The van der Waals surface area contributed by atoms with Gasteiger partial charge in [-0.05, 0) is 44.5 Å². The number of ether oxygens (including phenoxy) is 1. The lowest BCUT2D eigenvalue weighted by Gasteiger charge is -2.38. The fourth-order valence-corrected chi connectivity index (χ4v) is 3.56. The van der Waals surface area contributed by atoms with E-state index in [9.17, 15) is 14.0 Å². The first-order valence-electron chi connectivity index (χ1n) is 9.53. The summed E-state index contributed by atoms with van der Waals surface area (Å²) in [5.41, 5.74) is 0.706. The average Bonchev–Trinajstić information content (AvgIpc) is 2.68. The number of piperazine rings is 1. The molecular formula is C22H25ClF2N2O3. The Bertz CT molecular complexity index is 929. The Balaban J connectivity index is 0.00000320. The molecule has 0 saturated carbocycles. The standard InChI is InChI=1S/C22H24F2N2O3.ClH/c1-13-10-25-11-14(2)26(13)22(28)29-12-19-20(23)8-7-18(21(19)24)17-6-4-5-16(9-17)15(3)27;/h4-9,13-14,25H,10-12H2,1-3H3;1H. The van der Waals surface area contributed by atoms with Crippen molar-refractivity contribution in [1.29, 1.82) is 0 Å². The van der Waals surface area contributed by atoms with Gasteiger partial charge in [0.1, 0.15) is 18.2 Å². The lowest BCUT2D eigenvalue weighted by molar-refractivity contribution is 0.0552. The molecule has 1 N–H and O–H groups in total. The van der Waals surface area contributed by atoms with Gasteiger partial charge in [-0.15, -0.1) is 12.4 Å². The van der Waals surface area contributed by atoms with E-state index in [2.05, 4.69) is 5.32 Å². The fourth-order valence-electron chi connectivity index (χ4n) is 3.56. The number of benzene rings is 2. The van der Waals surface area contributed by atoms with E-state index in [4.69, 9.17) is 4.74 Å². The van der Waals surface area contributed by atoms with Crippen molar-refractivity contribution in [2.24, 2.45) is 0 Å². The Kier molecular flexibility index (Phi) is 7.92. The Morgan fingerprint density at radius 1 is 1.13 bits per heavy atom. The molecule has 1 aliphatic rings. The van der Waals surface area contributed by atoms with Gasteiger partial charge in [0.25, 0.3) is 0 Å². The molecule has 0 bridgehead atoms. The van der Waals surface area contributed by atoms with Gasteiger partial charge in [-0.2, -0.15) is 0 Å². The van der Waals surface area contributed by atoms with Crippen molar-refractivity contribution < 1.29 is 23.1 Å². The number of amides is 1. The number of nitrogens with one attached hydrogen (secondary N) is 1. The van der Waals surface area contributed by atoms with Crippen molar-refractivity contribution in [3.63, 3.8) is 0 Å². The molecule has 1 saturated heterocycles. The van der Waals surface area contributed by atoms with E-state index in [0.717, 1.165) is 6.07 Å². The summed E-state index contributed by atoms with van der Waals surface area (Å²) in [7, 11) is 0. The molecule has 162 valence electrons. The molecule has 2 unspecified atom stereocenters. The van der Waals surface area contributed by atoms with Gasteiger partial charge in [-0.3, -0.25) is 4.79 Å². The van der Waals surface area contributed by atoms with Crippen LogP contribution in [0.25, 0.3) is 11.1 Å². The van der Waals surface area contributed by atoms with Crippen molar-refractivity contribution in [3.05, 3.63) is 59.2 Å². The average molecular weight is 439 g/mol. The van der Waals surface area contributed by atoms with E-state index in [1.54, 1.807) is 29.2 Å². The van der Waals surface area contributed by atoms with Gasteiger partial charge in [-0.25, -0.2) is 13.6 Å². The molecule has 0 aliphatic carbocycles. The zero-order chi connectivity index (χ0) is 21.1. The van der Waals surface area contributed by atoms with Crippen molar-refractivity contribution in [1.82, 2.24) is 10.2 Å². The minimum Gasteiger partial charge on any atom is -0.444 e. The summed E-state index contributed by atoms with van der Waals surface area (Å²) in [6.45, 7) is 5.93. The number of ketones is 1. The van der Waals surface area contributed by atoms with Crippen LogP contribution in [0.5, 0.6) is 0 Å². The zero-order valence-electron chi connectivity index (χ0n) is 17.1. The van der Waals surface area contributed by atoms with Gasteiger partial charge in [0.15, 0.2) is 5.78 Å². The summed E-state index contributed by atoms with van der Waals surface area (Å²) in [6, 6.07) is 8.76. The van der Waals surface area contributed by atoms with Gasteiger partial charge in [0.05, 0.1) is 5.56 Å².